The van der Waals surface area contributed by atoms with E-state index in [1.54, 1.807) is 6.08 Å². The maximum absolute atomic E-state index is 12.8. The van der Waals surface area contributed by atoms with Crippen molar-refractivity contribution >= 4 is 39.8 Å². The second-order valence-electron chi connectivity index (χ2n) is 8.42. The van der Waals surface area contributed by atoms with Gasteiger partial charge in [0.05, 0.1) is 4.91 Å². The van der Waals surface area contributed by atoms with Gasteiger partial charge in [-0.25, -0.2) is 0 Å². The fourth-order valence-corrected chi connectivity index (χ4v) is 5.03. The van der Waals surface area contributed by atoms with Crippen LogP contribution in [0, 0.1) is 0 Å². The summed E-state index contributed by atoms with van der Waals surface area (Å²) < 4.78 is 6.01. The van der Waals surface area contributed by atoms with Crippen LogP contribution in [0.4, 0.5) is 4.79 Å². The molecule has 0 atom stereocenters. The zero-order chi connectivity index (χ0) is 24.0. The molecule has 0 aromatic heterocycles. The fraction of sp³-hybridized carbons (Fsp3) is 0.133. The largest absolute Gasteiger partial charge is 0.489 e. The van der Waals surface area contributed by atoms with Crippen LogP contribution in [0.1, 0.15) is 23.1 Å². The molecular weight excluding hydrogens is 454 g/mol. The van der Waals surface area contributed by atoms with Gasteiger partial charge in [-0.05, 0) is 70.3 Å². The summed E-state index contributed by atoms with van der Waals surface area (Å²) in [4.78, 5) is 27.0. The molecule has 1 aliphatic heterocycles. The van der Waals surface area contributed by atoms with Gasteiger partial charge < -0.3 is 4.74 Å². The molecule has 5 rings (SSSR count). The highest BCUT2D eigenvalue weighted by molar-refractivity contribution is 8.18. The Morgan fingerprint density at radius 1 is 0.800 bits per heavy atom. The Bertz CT molecular complexity index is 1370. The van der Waals surface area contributed by atoms with Gasteiger partial charge in [0, 0.05) is 6.54 Å². The van der Waals surface area contributed by atoms with E-state index in [0.29, 0.717) is 18.1 Å². The molecule has 0 bridgehead atoms. The van der Waals surface area contributed by atoms with E-state index in [4.69, 9.17) is 4.74 Å². The lowest BCUT2D eigenvalue weighted by Crippen LogP contribution is -2.29. The maximum Gasteiger partial charge on any atom is 0.293 e. The number of hydrogen-bond acceptors (Lipinski definition) is 4. The van der Waals surface area contributed by atoms with Gasteiger partial charge in [0.2, 0.25) is 0 Å². The molecule has 2 amide bonds. The summed E-state index contributed by atoms with van der Waals surface area (Å²) in [5, 5.41) is 2.17. The number of benzene rings is 4. The SMILES string of the molecule is O=C1S/C(=C/c2ccc(OCc3cccc4ccccc34)cc2)C(=O)N1CCCc1ccccc1. The number of ether oxygens (including phenoxy) is 1. The molecule has 4 aromatic rings. The third-order valence-electron chi connectivity index (χ3n) is 6.02. The van der Waals surface area contributed by atoms with E-state index in [1.807, 2.05) is 60.7 Å². The van der Waals surface area contributed by atoms with Crippen LogP contribution in [-0.2, 0) is 17.8 Å². The zero-order valence-electron chi connectivity index (χ0n) is 19.2. The maximum atomic E-state index is 12.8. The van der Waals surface area contributed by atoms with Crippen molar-refractivity contribution in [1.82, 2.24) is 4.90 Å². The van der Waals surface area contributed by atoms with E-state index >= 15 is 0 Å². The summed E-state index contributed by atoms with van der Waals surface area (Å²) in [5.74, 6) is 0.536. The molecule has 35 heavy (non-hydrogen) atoms. The summed E-state index contributed by atoms with van der Waals surface area (Å²) >= 11 is 1.00. The van der Waals surface area contributed by atoms with Crippen molar-refractivity contribution in [2.45, 2.75) is 19.4 Å². The van der Waals surface area contributed by atoms with E-state index in [2.05, 4.69) is 36.4 Å². The normalized spacial score (nSPS) is 14.7. The molecule has 1 saturated heterocycles. The Morgan fingerprint density at radius 2 is 1.54 bits per heavy atom. The Labute approximate surface area is 209 Å². The van der Waals surface area contributed by atoms with Crippen molar-refractivity contribution in [2.24, 2.45) is 0 Å². The summed E-state index contributed by atoms with van der Waals surface area (Å²) in [6.45, 7) is 0.903. The monoisotopic (exact) mass is 479 g/mol. The summed E-state index contributed by atoms with van der Waals surface area (Å²) in [5.41, 5.74) is 3.20. The van der Waals surface area contributed by atoms with Crippen molar-refractivity contribution < 1.29 is 14.3 Å². The lowest BCUT2D eigenvalue weighted by molar-refractivity contribution is -0.122. The minimum absolute atomic E-state index is 0.204. The number of nitrogens with zero attached hydrogens (tertiary/aromatic N) is 1. The minimum atomic E-state index is -0.218. The molecule has 0 spiro atoms. The molecular formula is C30H25NO3S. The number of imide groups is 1. The van der Waals surface area contributed by atoms with Crippen LogP contribution < -0.4 is 4.74 Å². The number of carbonyl (C=O) groups is 2. The molecule has 0 radical (unpaired) electrons. The van der Waals surface area contributed by atoms with Crippen molar-refractivity contribution in [3.8, 4) is 5.75 Å². The first kappa shape index (κ1) is 22.9. The van der Waals surface area contributed by atoms with Crippen LogP contribution in [-0.4, -0.2) is 22.6 Å². The first-order chi connectivity index (χ1) is 17.2. The van der Waals surface area contributed by atoms with Crippen LogP contribution >= 0.6 is 11.8 Å². The third kappa shape index (κ3) is 5.47. The quantitative estimate of drug-likeness (QED) is 0.253. The molecule has 4 nitrogen and oxygen atoms in total. The molecule has 0 saturated carbocycles. The van der Waals surface area contributed by atoms with Gasteiger partial charge in [0.1, 0.15) is 12.4 Å². The third-order valence-corrected chi connectivity index (χ3v) is 6.92. The average molecular weight is 480 g/mol. The van der Waals surface area contributed by atoms with Gasteiger partial charge in [-0.15, -0.1) is 0 Å². The van der Waals surface area contributed by atoms with Crippen molar-refractivity contribution in [2.75, 3.05) is 6.54 Å². The minimum Gasteiger partial charge on any atom is -0.489 e. The van der Waals surface area contributed by atoms with Gasteiger partial charge >= 0.3 is 0 Å². The molecule has 4 aromatic carbocycles. The number of fused-ring (bicyclic) bond motifs is 1. The highest BCUT2D eigenvalue weighted by atomic mass is 32.2. The number of aryl methyl sites for hydroxylation is 1. The van der Waals surface area contributed by atoms with Crippen molar-refractivity contribution in [1.29, 1.82) is 0 Å². The van der Waals surface area contributed by atoms with E-state index in [-0.39, 0.29) is 11.1 Å². The predicted molar refractivity (Wildman–Crippen MR) is 142 cm³/mol. The molecule has 1 aliphatic rings. The van der Waals surface area contributed by atoms with E-state index in [0.717, 1.165) is 41.5 Å². The van der Waals surface area contributed by atoms with E-state index < -0.39 is 0 Å². The van der Waals surface area contributed by atoms with Crippen LogP contribution in [0.15, 0.2) is 102 Å². The molecule has 174 valence electrons. The first-order valence-electron chi connectivity index (χ1n) is 11.7. The summed E-state index contributed by atoms with van der Waals surface area (Å²) in [7, 11) is 0. The first-order valence-corrected chi connectivity index (χ1v) is 12.5. The summed E-state index contributed by atoms with van der Waals surface area (Å²) in [6.07, 6.45) is 3.36. The topological polar surface area (TPSA) is 46.6 Å². The Kier molecular flexibility index (Phi) is 6.96. The van der Waals surface area contributed by atoms with Crippen LogP contribution in [0.5, 0.6) is 5.75 Å². The Balaban J connectivity index is 1.19. The molecule has 0 aliphatic carbocycles. The van der Waals surface area contributed by atoms with Gasteiger partial charge in [-0.1, -0.05) is 84.9 Å². The van der Waals surface area contributed by atoms with Gasteiger partial charge in [0.25, 0.3) is 11.1 Å². The van der Waals surface area contributed by atoms with E-state index in [9.17, 15) is 9.59 Å². The second kappa shape index (κ2) is 10.6. The molecule has 0 unspecified atom stereocenters. The smallest absolute Gasteiger partial charge is 0.293 e. The van der Waals surface area contributed by atoms with E-state index in [1.165, 1.54) is 21.2 Å². The lowest BCUT2D eigenvalue weighted by Gasteiger charge is -2.12. The highest BCUT2D eigenvalue weighted by Crippen LogP contribution is 2.32. The van der Waals surface area contributed by atoms with Crippen molar-refractivity contribution in [3.05, 3.63) is 119 Å². The van der Waals surface area contributed by atoms with Crippen LogP contribution in [0.25, 0.3) is 16.8 Å². The Hall–Kier alpha value is -3.83. The number of rotatable bonds is 8. The number of hydrogen-bond donors (Lipinski definition) is 0. The zero-order valence-corrected chi connectivity index (χ0v) is 20.0. The average Bonchev–Trinajstić information content (AvgIpc) is 3.16. The lowest BCUT2D eigenvalue weighted by atomic mass is 10.1. The standard InChI is InChI=1S/C30H25NO3S/c32-29-28(35-30(33)31(29)19-7-10-22-8-2-1-3-9-22)20-23-15-17-26(18-16-23)34-21-25-13-6-12-24-11-4-5-14-27(24)25/h1-6,8-9,11-18,20H,7,10,19,21H2/b28-20+. The van der Waals surface area contributed by atoms with Crippen molar-refractivity contribution in [3.63, 3.8) is 0 Å². The van der Waals surface area contributed by atoms with Crippen LogP contribution in [0.3, 0.4) is 0 Å². The molecule has 5 heteroatoms. The van der Waals surface area contributed by atoms with Crippen LogP contribution in [0.2, 0.25) is 0 Å². The highest BCUT2D eigenvalue weighted by Gasteiger charge is 2.34. The molecule has 1 fully saturated rings. The van der Waals surface area contributed by atoms with Gasteiger partial charge in [-0.3, -0.25) is 14.5 Å². The fourth-order valence-electron chi connectivity index (χ4n) is 4.17. The molecule has 1 heterocycles. The number of amides is 2. The predicted octanol–water partition coefficient (Wildman–Crippen LogP) is 7.09. The second-order valence-corrected chi connectivity index (χ2v) is 9.41. The van der Waals surface area contributed by atoms with Gasteiger partial charge in [-0.2, -0.15) is 0 Å². The summed E-state index contributed by atoms with van der Waals surface area (Å²) in [6, 6.07) is 32.2. The molecule has 0 N–H and O–H groups in total. The van der Waals surface area contributed by atoms with Gasteiger partial charge in [0.15, 0.2) is 0 Å². The Morgan fingerprint density at radius 3 is 2.37 bits per heavy atom. The number of thioether (sulfide) groups is 1. The number of carbonyl (C=O) groups excluding carboxylic acids is 2.